The molecule has 0 saturated carbocycles. The number of carbonyl (C=O) groups is 2. The van der Waals surface area contributed by atoms with Gasteiger partial charge in [0.2, 0.25) is 10.0 Å². The van der Waals surface area contributed by atoms with Crippen molar-refractivity contribution in [3.8, 4) is 0 Å². The molecule has 0 bridgehead atoms. The van der Waals surface area contributed by atoms with Crippen molar-refractivity contribution in [1.29, 1.82) is 0 Å². The summed E-state index contributed by atoms with van der Waals surface area (Å²) in [6.45, 7) is -1.64. The Kier molecular flexibility index (Phi) is 6.82. The van der Waals surface area contributed by atoms with Gasteiger partial charge in [-0.3, -0.25) is 4.79 Å². The Labute approximate surface area is 154 Å². The predicted octanol–water partition coefficient (Wildman–Crippen LogP) is 1.70. The van der Waals surface area contributed by atoms with Gasteiger partial charge in [0.05, 0.1) is 10.5 Å². The van der Waals surface area contributed by atoms with E-state index in [4.69, 9.17) is 0 Å². The summed E-state index contributed by atoms with van der Waals surface area (Å²) in [6.07, 6.45) is -2.10. The second-order valence-corrected chi connectivity index (χ2v) is 7.90. The third kappa shape index (κ3) is 6.21. The first-order chi connectivity index (χ1) is 12.6. The van der Waals surface area contributed by atoms with E-state index in [1.54, 1.807) is 5.32 Å². The average molecular weight is 408 g/mol. The van der Waals surface area contributed by atoms with Gasteiger partial charge in [0.15, 0.2) is 6.61 Å². The molecule has 0 atom stereocenters. The summed E-state index contributed by atoms with van der Waals surface area (Å²) in [6, 6.07) is 5.12. The van der Waals surface area contributed by atoms with Gasteiger partial charge in [0.25, 0.3) is 5.91 Å². The van der Waals surface area contributed by atoms with Gasteiger partial charge in [0, 0.05) is 13.1 Å². The summed E-state index contributed by atoms with van der Waals surface area (Å²) < 4.78 is 67.2. The fraction of sp³-hybridized carbons (Fsp3) is 0.500. The predicted molar refractivity (Wildman–Crippen MR) is 88.4 cm³/mol. The van der Waals surface area contributed by atoms with Gasteiger partial charge in [-0.2, -0.15) is 17.5 Å². The van der Waals surface area contributed by atoms with Crippen molar-refractivity contribution < 1.29 is 35.9 Å². The number of nitrogens with zero attached hydrogens (tertiary/aromatic N) is 1. The molecule has 1 amide bonds. The fourth-order valence-electron chi connectivity index (χ4n) is 2.50. The molecule has 0 aromatic heterocycles. The van der Waals surface area contributed by atoms with Crippen LogP contribution in [0.15, 0.2) is 29.2 Å². The molecule has 1 heterocycles. The number of rotatable bonds is 6. The minimum absolute atomic E-state index is 0.0830. The SMILES string of the molecule is O=C(COC(=O)c1cccc(S(=O)(=O)N2CCCCC2)c1)NCC(F)(F)F. The third-order valence-electron chi connectivity index (χ3n) is 3.84. The Balaban J connectivity index is 1.99. The van der Waals surface area contributed by atoms with Crippen LogP contribution in [0.25, 0.3) is 0 Å². The Morgan fingerprint density at radius 3 is 2.44 bits per heavy atom. The van der Waals surface area contributed by atoms with Crippen LogP contribution in [-0.2, 0) is 19.6 Å². The van der Waals surface area contributed by atoms with E-state index in [-0.39, 0.29) is 10.5 Å². The lowest BCUT2D eigenvalue weighted by molar-refractivity contribution is -0.140. The summed E-state index contributed by atoms with van der Waals surface area (Å²) in [7, 11) is -3.75. The first kappa shape index (κ1) is 21.2. The van der Waals surface area contributed by atoms with Gasteiger partial charge in [-0.1, -0.05) is 12.5 Å². The number of benzene rings is 1. The lowest BCUT2D eigenvalue weighted by Crippen LogP contribution is -2.36. The third-order valence-corrected chi connectivity index (χ3v) is 5.74. The summed E-state index contributed by atoms with van der Waals surface area (Å²) in [5.74, 6) is -2.12. The van der Waals surface area contributed by atoms with Crippen LogP contribution in [-0.4, -0.2) is 57.0 Å². The summed E-state index contributed by atoms with van der Waals surface area (Å²) in [5, 5.41) is 1.56. The number of carbonyl (C=O) groups excluding carboxylic acids is 2. The number of amides is 1. The van der Waals surface area contributed by atoms with Gasteiger partial charge in [-0.25, -0.2) is 13.2 Å². The van der Waals surface area contributed by atoms with E-state index < -0.39 is 41.2 Å². The molecule has 11 heteroatoms. The number of hydrogen-bond acceptors (Lipinski definition) is 5. The minimum Gasteiger partial charge on any atom is -0.452 e. The maximum Gasteiger partial charge on any atom is 0.405 e. The number of nitrogens with one attached hydrogen (secondary N) is 1. The van der Waals surface area contributed by atoms with Crippen molar-refractivity contribution in [3.05, 3.63) is 29.8 Å². The molecular weight excluding hydrogens is 389 g/mol. The molecule has 2 rings (SSSR count). The molecule has 0 radical (unpaired) electrons. The van der Waals surface area contributed by atoms with Gasteiger partial charge >= 0.3 is 12.1 Å². The second-order valence-electron chi connectivity index (χ2n) is 5.96. The molecule has 7 nitrogen and oxygen atoms in total. The lowest BCUT2D eigenvalue weighted by Gasteiger charge is -2.25. The van der Waals surface area contributed by atoms with E-state index in [0.29, 0.717) is 13.1 Å². The van der Waals surface area contributed by atoms with Crippen molar-refractivity contribution in [2.75, 3.05) is 26.2 Å². The molecule has 1 aromatic rings. The van der Waals surface area contributed by atoms with Gasteiger partial charge in [-0.15, -0.1) is 0 Å². The Morgan fingerprint density at radius 1 is 1.15 bits per heavy atom. The first-order valence-corrected chi connectivity index (χ1v) is 9.64. The Hall–Kier alpha value is -2.14. The topological polar surface area (TPSA) is 92.8 Å². The molecule has 27 heavy (non-hydrogen) atoms. The number of piperidine rings is 1. The monoisotopic (exact) mass is 408 g/mol. The van der Waals surface area contributed by atoms with Crippen molar-refractivity contribution >= 4 is 21.9 Å². The maximum absolute atomic E-state index is 12.6. The molecule has 0 unspecified atom stereocenters. The zero-order chi connectivity index (χ0) is 20.1. The van der Waals surface area contributed by atoms with Crippen LogP contribution < -0.4 is 5.32 Å². The fourth-order valence-corrected chi connectivity index (χ4v) is 4.07. The van der Waals surface area contributed by atoms with Crippen molar-refractivity contribution in [1.82, 2.24) is 9.62 Å². The quantitative estimate of drug-likeness (QED) is 0.724. The highest BCUT2D eigenvalue weighted by Crippen LogP contribution is 2.21. The first-order valence-electron chi connectivity index (χ1n) is 8.20. The summed E-state index contributed by atoms with van der Waals surface area (Å²) >= 11 is 0. The zero-order valence-electron chi connectivity index (χ0n) is 14.3. The molecule has 1 fully saturated rings. The second kappa shape index (κ2) is 8.70. The largest absolute Gasteiger partial charge is 0.452 e. The zero-order valence-corrected chi connectivity index (χ0v) is 15.1. The smallest absolute Gasteiger partial charge is 0.405 e. The van der Waals surface area contributed by atoms with E-state index in [1.165, 1.54) is 22.5 Å². The average Bonchev–Trinajstić information content (AvgIpc) is 2.64. The highest BCUT2D eigenvalue weighted by Gasteiger charge is 2.28. The molecule has 150 valence electrons. The van der Waals surface area contributed by atoms with E-state index in [9.17, 15) is 31.2 Å². The van der Waals surface area contributed by atoms with Crippen molar-refractivity contribution in [3.63, 3.8) is 0 Å². The van der Waals surface area contributed by atoms with Crippen LogP contribution in [0, 0.1) is 0 Å². The number of hydrogen-bond donors (Lipinski definition) is 1. The molecule has 1 aliphatic rings. The van der Waals surface area contributed by atoms with E-state index in [0.717, 1.165) is 25.3 Å². The number of esters is 1. The van der Waals surface area contributed by atoms with Crippen LogP contribution in [0.1, 0.15) is 29.6 Å². The summed E-state index contributed by atoms with van der Waals surface area (Å²) in [5.41, 5.74) is -0.114. The van der Waals surface area contributed by atoms with Crippen LogP contribution in [0.4, 0.5) is 13.2 Å². The van der Waals surface area contributed by atoms with Crippen LogP contribution in [0.3, 0.4) is 0 Å². The molecule has 1 aliphatic heterocycles. The number of alkyl halides is 3. The Bertz CT molecular complexity index is 789. The van der Waals surface area contributed by atoms with E-state index in [1.807, 2.05) is 0 Å². The molecule has 1 saturated heterocycles. The summed E-state index contributed by atoms with van der Waals surface area (Å²) in [4.78, 5) is 23.2. The number of sulfonamides is 1. The highest BCUT2D eigenvalue weighted by atomic mass is 32.2. The van der Waals surface area contributed by atoms with Gasteiger partial charge in [0.1, 0.15) is 6.54 Å². The van der Waals surface area contributed by atoms with E-state index >= 15 is 0 Å². The van der Waals surface area contributed by atoms with Crippen molar-refractivity contribution in [2.24, 2.45) is 0 Å². The van der Waals surface area contributed by atoms with Crippen LogP contribution in [0.5, 0.6) is 0 Å². The maximum atomic E-state index is 12.6. The highest BCUT2D eigenvalue weighted by molar-refractivity contribution is 7.89. The Morgan fingerprint density at radius 2 is 1.81 bits per heavy atom. The number of ether oxygens (including phenoxy) is 1. The van der Waals surface area contributed by atoms with Gasteiger partial charge < -0.3 is 10.1 Å². The lowest BCUT2D eigenvalue weighted by atomic mass is 10.2. The molecule has 1 N–H and O–H groups in total. The van der Waals surface area contributed by atoms with Crippen LogP contribution in [0.2, 0.25) is 0 Å². The standard InChI is InChI=1S/C16H19F3N2O5S/c17-16(18,19)11-20-14(22)10-26-15(23)12-5-4-6-13(9-12)27(24,25)21-7-2-1-3-8-21/h4-6,9H,1-3,7-8,10-11H2,(H,20,22). The van der Waals surface area contributed by atoms with Crippen LogP contribution >= 0.6 is 0 Å². The van der Waals surface area contributed by atoms with Crippen molar-refractivity contribution in [2.45, 2.75) is 30.3 Å². The molecule has 1 aromatic carbocycles. The molecule has 0 spiro atoms. The van der Waals surface area contributed by atoms with Gasteiger partial charge in [-0.05, 0) is 31.0 Å². The number of halogens is 3. The van der Waals surface area contributed by atoms with E-state index in [2.05, 4.69) is 4.74 Å². The molecular formula is C16H19F3N2O5S. The molecule has 0 aliphatic carbocycles. The normalized spacial score (nSPS) is 16.0. The minimum atomic E-state index is -4.57.